The minimum atomic E-state index is -0.743. The van der Waals surface area contributed by atoms with Crippen LogP contribution < -0.4 is 9.64 Å². The van der Waals surface area contributed by atoms with Crippen molar-refractivity contribution in [3.05, 3.63) is 131 Å². The minimum Gasteiger partial charge on any atom is -0.470 e. The third-order valence-electron chi connectivity index (χ3n) is 6.89. The van der Waals surface area contributed by atoms with Crippen LogP contribution in [0.25, 0.3) is 0 Å². The fourth-order valence-corrected chi connectivity index (χ4v) is 5.45. The van der Waals surface area contributed by atoms with Gasteiger partial charge in [0.05, 0.1) is 0 Å². The van der Waals surface area contributed by atoms with E-state index in [-0.39, 0.29) is 12.5 Å². The van der Waals surface area contributed by atoms with E-state index in [9.17, 15) is 0 Å². The summed E-state index contributed by atoms with van der Waals surface area (Å²) in [6.07, 6.45) is 0.529. The highest BCUT2D eigenvalue weighted by molar-refractivity contribution is 5.67. The molecule has 2 atom stereocenters. The number of benzene rings is 4. The number of hydrogen-bond donors (Lipinski definition) is 0. The largest absolute Gasteiger partial charge is 0.470 e. The van der Waals surface area contributed by atoms with E-state index in [1.54, 1.807) is 0 Å². The van der Waals surface area contributed by atoms with Crippen molar-refractivity contribution in [2.45, 2.75) is 38.3 Å². The molecule has 6 rings (SSSR count). The van der Waals surface area contributed by atoms with E-state index >= 15 is 0 Å². The molecule has 3 nitrogen and oxygen atoms in total. The average molecular weight is 448 g/mol. The Bertz CT molecular complexity index is 1250. The number of nitrogens with zero attached hydrogens (tertiary/aromatic N) is 1. The zero-order chi connectivity index (χ0) is 23.1. The highest BCUT2D eigenvalue weighted by Crippen LogP contribution is 2.55. The summed E-state index contributed by atoms with van der Waals surface area (Å²) in [4.78, 5) is 2.35. The first kappa shape index (κ1) is 21.0. The average Bonchev–Trinajstić information content (AvgIpc) is 2.88. The van der Waals surface area contributed by atoms with Gasteiger partial charge in [-0.25, -0.2) is 0 Å². The van der Waals surface area contributed by atoms with Crippen molar-refractivity contribution in [2.75, 3.05) is 4.90 Å². The smallest absolute Gasteiger partial charge is 0.174 e. The molecule has 0 saturated heterocycles. The number of hydrogen-bond acceptors (Lipinski definition) is 3. The summed E-state index contributed by atoms with van der Waals surface area (Å²) < 4.78 is 14.0. The number of ether oxygens (including phenoxy) is 2. The zero-order valence-electron chi connectivity index (χ0n) is 19.6. The summed E-state index contributed by atoms with van der Waals surface area (Å²) in [6.45, 7) is 4.49. The van der Waals surface area contributed by atoms with Crippen molar-refractivity contribution < 1.29 is 9.47 Å². The number of anilines is 1. The molecule has 0 fully saturated rings. The van der Waals surface area contributed by atoms with E-state index in [4.69, 9.17) is 9.47 Å². The molecule has 170 valence electrons. The second kappa shape index (κ2) is 8.34. The number of rotatable bonds is 4. The van der Waals surface area contributed by atoms with Gasteiger partial charge in [0, 0.05) is 23.2 Å². The Kier molecular flexibility index (Phi) is 5.15. The molecule has 0 radical (unpaired) electrons. The molecule has 2 unspecified atom stereocenters. The van der Waals surface area contributed by atoms with Crippen LogP contribution in [0.15, 0.2) is 109 Å². The molecule has 0 saturated carbocycles. The second-order valence-corrected chi connectivity index (χ2v) is 9.55. The molecule has 0 N–H and O–H groups in total. The fraction of sp³-hybridized carbons (Fsp3) is 0.226. The molecule has 34 heavy (non-hydrogen) atoms. The molecule has 4 aromatic carbocycles. The van der Waals surface area contributed by atoms with Gasteiger partial charge in [0.1, 0.15) is 11.4 Å². The Morgan fingerprint density at radius 2 is 1.32 bits per heavy atom. The normalized spacial score (nSPS) is 20.1. The summed E-state index contributed by atoms with van der Waals surface area (Å²) in [5.41, 5.74) is 4.86. The Morgan fingerprint density at radius 3 is 2.00 bits per heavy atom. The van der Waals surface area contributed by atoms with E-state index < -0.39 is 5.60 Å². The number of para-hydroxylation sites is 2. The zero-order valence-corrected chi connectivity index (χ0v) is 19.6. The maximum Gasteiger partial charge on any atom is 0.174 e. The van der Waals surface area contributed by atoms with Gasteiger partial charge in [-0.2, -0.15) is 0 Å². The molecule has 0 bridgehead atoms. The molecule has 3 heteroatoms. The third-order valence-corrected chi connectivity index (χ3v) is 6.89. The van der Waals surface area contributed by atoms with Gasteiger partial charge in [0.25, 0.3) is 0 Å². The highest BCUT2D eigenvalue weighted by atomic mass is 16.6. The lowest BCUT2D eigenvalue weighted by atomic mass is 9.77. The molecular weight excluding hydrogens is 418 g/mol. The monoisotopic (exact) mass is 447 g/mol. The molecule has 2 aliphatic rings. The summed E-state index contributed by atoms with van der Waals surface area (Å²) >= 11 is 0. The minimum absolute atomic E-state index is 0.106. The molecule has 2 heterocycles. The Labute approximate surface area is 201 Å². The quantitative estimate of drug-likeness (QED) is 0.328. The van der Waals surface area contributed by atoms with Gasteiger partial charge in [-0.15, -0.1) is 0 Å². The molecule has 0 aliphatic carbocycles. The molecular formula is C31H29NO2. The van der Waals surface area contributed by atoms with E-state index in [1.165, 1.54) is 0 Å². The maximum absolute atomic E-state index is 7.36. The Morgan fingerprint density at radius 1 is 0.735 bits per heavy atom. The number of fused-ring (bicyclic) bond motifs is 5. The van der Waals surface area contributed by atoms with Crippen LogP contribution in [0.5, 0.6) is 5.75 Å². The van der Waals surface area contributed by atoms with Crippen LogP contribution in [-0.2, 0) is 10.3 Å². The second-order valence-electron chi connectivity index (χ2n) is 9.55. The van der Waals surface area contributed by atoms with Crippen LogP contribution in [0.4, 0.5) is 5.69 Å². The topological polar surface area (TPSA) is 21.7 Å². The van der Waals surface area contributed by atoms with Gasteiger partial charge in [0.2, 0.25) is 0 Å². The van der Waals surface area contributed by atoms with Gasteiger partial charge in [-0.1, -0.05) is 111 Å². The van der Waals surface area contributed by atoms with Gasteiger partial charge in [0.15, 0.2) is 12.5 Å². The lowest BCUT2D eigenvalue weighted by molar-refractivity contribution is -0.0867. The SMILES string of the molecule is CC(C)CC1Oc2ccccc2C2OC(c3ccccc3)(c3ccccc3)c3ccccc3N12. The summed E-state index contributed by atoms with van der Waals surface area (Å²) in [5, 5.41) is 0. The molecule has 0 amide bonds. The molecule has 0 spiro atoms. The van der Waals surface area contributed by atoms with Crippen molar-refractivity contribution in [3.8, 4) is 5.75 Å². The fourth-order valence-electron chi connectivity index (χ4n) is 5.45. The van der Waals surface area contributed by atoms with E-state index in [2.05, 4.69) is 122 Å². The summed E-state index contributed by atoms with van der Waals surface area (Å²) in [7, 11) is 0. The lowest BCUT2D eigenvalue weighted by Crippen LogP contribution is -2.54. The molecule has 4 aromatic rings. The van der Waals surface area contributed by atoms with Gasteiger partial charge in [-0.05, 0) is 29.2 Å². The summed E-state index contributed by atoms with van der Waals surface area (Å²) in [6, 6.07) is 38.2. The first-order valence-corrected chi connectivity index (χ1v) is 12.1. The van der Waals surface area contributed by atoms with Crippen molar-refractivity contribution in [1.29, 1.82) is 0 Å². The van der Waals surface area contributed by atoms with Crippen LogP contribution in [0.1, 0.15) is 48.8 Å². The van der Waals surface area contributed by atoms with E-state index in [0.29, 0.717) is 5.92 Å². The van der Waals surface area contributed by atoms with Crippen molar-refractivity contribution >= 4 is 5.69 Å². The van der Waals surface area contributed by atoms with Gasteiger partial charge in [-0.3, -0.25) is 0 Å². The lowest BCUT2D eigenvalue weighted by Gasteiger charge is -2.53. The predicted molar refractivity (Wildman–Crippen MR) is 136 cm³/mol. The van der Waals surface area contributed by atoms with Crippen LogP contribution in [0.2, 0.25) is 0 Å². The third kappa shape index (κ3) is 3.23. The predicted octanol–water partition coefficient (Wildman–Crippen LogP) is 7.28. The Hall–Kier alpha value is -3.56. The van der Waals surface area contributed by atoms with Crippen molar-refractivity contribution in [3.63, 3.8) is 0 Å². The van der Waals surface area contributed by atoms with Crippen LogP contribution in [0, 0.1) is 5.92 Å². The summed E-state index contributed by atoms with van der Waals surface area (Å²) in [5.74, 6) is 1.39. The highest BCUT2D eigenvalue weighted by Gasteiger charge is 2.51. The van der Waals surface area contributed by atoms with Crippen LogP contribution >= 0.6 is 0 Å². The Balaban J connectivity index is 1.65. The molecule has 0 aromatic heterocycles. The standard InChI is InChI=1S/C31H29NO2/c1-22(2)21-29-32-27-19-11-10-18-26(27)31(23-13-5-3-6-14-23,24-15-7-4-8-16-24)34-30(32)25-17-9-12-20-28(25)33-29/h3-20,22,29-30H,21H2,1-2H3. The van der Waals surface area contributed by atoms with E-state index in [0.717, 1.165) is 40.1 Å². The maximum atomic E-state index is 7.36. The first-order chi connectivity index (χ1) is 16.7. The van der Waals surface area contributed by atoms with Gasteiger partial charge < -0.3 is 14.4 Å². The van der Waals surface area contributed by atoms with Crippen LogP contribution in [0.3, 0.4) is 0 Å². The van der Waals surface area contributed by atoms with Gasteiger partial charge >= 0.3 is 0 Å². The molecule has 2 aliphatic heterocycles. The van der Waals surface area contributed by atoms with Crippen molar-refractivity contribution in [2.24, 2.45) is 5.92 Å². The van der Waals surface area contributed by atoms with Crippen molar-refractivity contribution in [1.82, 2.24) is 0 Å². The first-order valence-electron chi connectivity index (χ1n) is 12.1. The van der Waals surface area contributed by atoms with E-state index in [1.807, 2.05) is 6.07 Å². The van der Waals surface area contributed by atoms with Crippen LogP contribution in [-0.4, -0.2) is 6.23 Å².